The summed E-state index contributed by atoms with van der Waals surface area (Å²) in [5.74, 6) is -1.14. The van der Waals surface area contributed by atoms with Crippen LogP contribution < -0.4 is 5.32 Å². The first-order valence-electron chi connectivity index (χ1n) is 11.7. The Kier molecular flexibility index (Phi) is 6.22. The Labute approximate surface area is 202 Å². The highest BCUT2D eigenvalue weighted by molar-refractivity contribution is 5.85. The molecule has 0 radical (unpaired) electrons. The fraction of sp³-hybridized carbons (Fsp3) is 0.308. The van der Waals surface area contributed by atoms with Crippen molar-refractivity contribution < 1.29 is 24.2 Å². The van der Waals surface area contributed by atoms with Crippen molar-refractivity contribution in [3.63, 3.8) is 0 Å². The summed E-state index contributed by atoms with van der Waals surface area (Å²) in [6.07, 6.45) is 3.83. The van der Waals surface area contributed by atoms with Crippen molar-refractivity contribution in [3.8, 4) is 11.1 Å². The van der Waals surface area contributed by atoms with Crippen LogP contribution in [0.3, 0.4) is 0 Å². The number of aliphatic carboxylic acids is 1. The molecule has 0 bridgehead atoms. The fourth-order valence-corrected chi connectivity index (χ4v) is 5.07. The third kappa shape index (κ3) is 4.75. The number of carbonyl (C=O) groups is 3. The Bertz CT molecular complexity index is 1220. The molecular weight excluding hydrogens is 448 g/mol. The van der Waals surface area contributed by atoms with E-state index in [-0.39, 0.29) is 37.4 Å². The average molecular weight is 475 g/mol. The zero-order chi connectivity index (χ0) is 24.4. The fourth-order valence-electron chi connectivity index (χ4n) is 5.07. The summed E-state index contributed by atoms with van der Waals surface area (Å²) in [4.78, 5) is 37.8. The second-order valence-electron chi connectivity index (χ2n) is 8.86. The van der Waals surface area contributed by atoms with Crippen molar-refractivity contribution in [1.29, 1.82) is 0 Å². The monoisotopic (exact) mass is 474 g/mol. The molecule has 1 fully saturated rings. The number of aromatic nitrogens is 2. The number of ether oxygens (including phenoxy) is 1. The highest BCUT2D eigenvalue weighted by Gasteiger charge is 2.31. The molecule has 2 amide bonds. The number of anilines is 1. The normalized spacial score (nSPS) is 16.6. The summed E-state index contributed by atoms with van der Waals surface area (Å²) in [6, 6.07) is 16.0. The van der Waals surface area contributed by atoms with Crippen LogP contribution in [0.2, 0.25) is 0 Å². The predicted octanol–water partition coefficient (Wildman–Crippen LogP) is 3.71. The number of hydrogen-bond donors (Lipinski definition) is 2. The average Bonchev–Trinajstić information content (AvgIpc) is 3.55. The van der Waals surface area contributed by atoms with Gasteiger partial charge in [0.15, 0.2) is 0 Å². The van der Waals surface area contributed by atoms with Gasteiger partial charge < -0.3 is 14.7 Å². The molecule has 35 heavy (non-hydrogen) atoms. The highest BCUT2D eigenvalue weighted by Crippen LogP contribution is 2.44. The smallest absolute Gasteiger partial charge is 0.411 e. The molecule has 3 aromatic rings. The number of rotatable bonds is 7. The first-order chi connectivity index (χ1) is 17.0. The van der Waals surface area contributed by atoms with E-state index >= 15 is 0 Å². The van der Waals surface area contributed by atoms with E-state index < -0.39 is 12.1 Å². The summed E-state index contributed by atoms with van der Waals surface area (Å²) in [6.45, 7) is 0.720. The Hall–Kier alpha value is -4.14. The molecule has 1 aromatic heterocycles. The molecule has 2 heterocycles. The molecule has 1 aliphatic carbocycles. The number of amides is 2. The molecule has 2 aromatic carbocycles. The lowest BCUT2D eigenvalue weighted by Gasteiger charge is -2.23. The summed E-state index contributed by atoms with van der Waals surface area (Å²) >= 11 is 0. The zero-order valence-corrected chi connectivity index (χ0v) is 19.1. The topological polar surface area (TPSA) is 114 Å². The largest absolute Gasteiger partial charge is 0.481 e. The van der Waals surface area contributed by atoms with Crippen LogP contribution >= 0.6 is 0 Å². The van der Waals surface area contributed by atoms with E-state index in [0.29, 0.717) is 18.7 Å². The summed E-state index contributed by atoms with van der Waals surface area (Å²) in [5, 5.41) is 15.9. The van der Waals surface area contributed by atoms with Crippen molar-refractivity contribution >= 4 is 23.7 Å². The molecule has 1 aliphatic heterocycles. The maximum absolute atomic E-state index is 12.6. The molecule has 0 unspecified atom stereocenters. The second-order valence-corrected chi connectivity index (χ2v) is 8.86. The number of carboxylic acid groups (broad SMARTS) is 1. The third-order valence-corrected chi connectivity index (χ3v) is 6.63. The summed E-state index contributed by atoms with van der Waals surface area (Å²) in [7, 11) is 0. The van der Waals surface area contributed by atoms with Gasteiger partial charge in [0.2, 0.25) is 5.91 Å². The SMILES string of the molecule is O=C(O)C[C@@H]1CCCN1C(=O)Cn1cc(NC(=O)OCC2c3ccccc3-c3ccccc32)cn1. The van der Waals surface area contributed by atoms with Crippen LogP contribution in [-0.4, -0.2) is 57.0 Å². The van der Waals surface area contributed by atoms with Crippen molar-refractivity contribution in [2.45, 2.75) is 37.8 Å². The molecular formula is C26H26N4O5. The number of likely N-dealkylation sites (tertiary alicyclic amines) is 1. The lowest BCUT2D eigenvalue weighted by atomic mass is 9.98. The lowest BCUT2D eigenvalue weighted by Crippen LogP contribution is -2.38. The lowest BCUT2D eigenvalue weighted by molar-refractivity contribution is -0.140. The van der Waals surface area contributed by atoms with Gasteiger partial charge in [-0.25, -0.2) is 4.79 Å². The quantitative estimate of drug-likeness (QED) is 0.540. The number of nitrogens with one attached hydrogen (secondary N) is 1. The van der Waals surface area contributed by atoms with E-state index in [1.807, 2.05) is 24.3 Å². The van der Waals surface area contributed by atoms with Gasteiger partial charge in [-0.2, -0.15) is 5.10 Å². The van der Waals surface area contributed by atoms with Gasteiger partial charge in [-0.15, -0.1) is 0 Å². The third-order valence-electron chi connectivity index (χ3n) is 6.63. The summed E-state index contributed by atoms with van der Waals surface area (Å²) < 4.78 is 6.98. The van der Waals surface area contributed by atoms with Crippen LogP contribution in [0.4, 0.5) is 10.5 Å². The Morgan fingerprint density at radius 1 is 1.06 bits per heavy atom. The molecule has 5 rings (SSSR count). The highest BCUT2D eigenvalue weighted by atomic mass is 16.5. The van der Waals surface area contributed by atoms with Crippen LogP contribution in [0, 0.1) is 0 Å². The number of carbonyl (C=O) groups excluding carboxylic acids is 2. The van der Waals surface area contributed by atoms with Crippen LogP contribution in [0.15, 0.2) is 60.9 Å². The van der Waals surface area contributed by atoms with Gasteiger partial charge in [0.25, 0.3) is 0 Å². The molecule has 2 N–H and O–H groups in total. The molecule has 0 spiro atoms. The minimum atomic E-state index is -0.914. The van der Waals surface area contributed by atoms with Gasteiger partial charge >= 0.3 is 12.1 Å². The first kappa shape index (κ1) is 22.6. The maximum Gasteiger partial charge on any atom is 0.411 e. The molecule has 180 valence electrons. The van der Waals surface area contributed by atoms with Gasteiger partial charge in [0.1, 0.15) is 13.2 Å². The molecule has 2 aliphatic rings. The molecule has 1 saturated heterocycles. The van der Waals surface area contributed by atoms with Gasteiger partial charge in [0.05, 0.1) is 18.3 Å². The Morgan fingerprint density at radius 2 is 1.74 bits per heavy atom. The van der Waals surface area contributed by atoms with E-state index in [0.717, 1.165) is 28.7 Å². The van der Waals surface area contributed by atoms with E-state index in [1.165, 1.54) is 10.9 Å². The number of carboxylic acids is 1. The zero-order valence-electron chi connectivity index (χ0n) is 19.1. The molecule has 1 atom stereocenters. The van der Waals surface area contributed by atoms with Gasteiger partial charge in [-0.1, -0.05) is 48.5 Å². The van der Waals surface area contributed by atoms with Crippen molar-refractivity contribution in [2.24, 2.45) is 0 Å². The summed E-state index contributed by atoms with van der Waals surface area (Å²) in [5.41, 5.74) is 5.00. The van der Waals surface area contributed by atoms with Crippen molar-refractivity contribution in [2.75, 3.05) is 18.5 Å². The molecule has 9 heteroatoms. The van der Waals surface area contributed by atoms with E-state index in [4.69, 9.17) is 9.84 Å². The molecule has 0 saturated carbocycles. The van der Waals surface area contributed by atoms with Gasteiger partial charge in [-0.05, 0) is 35.1 Å². The van der Waals surface area contributed by atoms with Gasteiger partial charge in [0, 0.05) is 24.7 Å². The van der Waals surface area contributed by atoms with Crippen molar-refractivity contribution in [3.05, 3.63) is 72.1 Å². The first-order valence-corrected chi connectivity index (χ1v) is 11.7. The number of nitrogens with zero attached hydrogens (tertiary/aromatic N) is 3. The van der Waals surface area contributed by atoms with Crippen LogP contribution in [0.5, 0.6) is 0 Å². The van der Waals surface area contributed by atoms with Crippen LogP contribution in [-0.2, 0) is 20.9 Å². The predicted molar refractivity (Wildman–Crippen MR) is 128 cm³/mol. The minimum absolute atomic E-state index is 0.0253. The molecule has 9 nitrogen and oxygen atoms in total. The maximum atomic E-state index is 12.6. The number of benzene rings is 2. The van der Waals surface area contributed by atoms with E-state index in [2.05, 4.69) is 34.7 Å². The van der Waals surface area contributed by atoms with E-state index in [9.17, 15) is 14.4 Å². The van der Waals surface area contributed by atoms with E-state index in [1.54, 1.807) is 11.1 Å². The van der Waals surface area contributed by atoms with Crippen LogP contribution in [0.25, 0.3) is 11.1 Å². The number of hydrogen-bond acceptors (Lipinski definition) is 5. The Balaban J connectivity index is 1.17. The second kappa shape index (κ2) is 9.61. The standard InChI is InChI=1S/C26H26N4O5/c31-24(30-11-5-6-18(30)12-25(32)33)15-29-14-17(13-27-29)28-26(34)35-16-23-21-9-3-1-7-19(21)20-8-2-4-10-22(20)23/h1-4,7-10,13-14,18,23H,5-6,11-12,15-16H2,(H,28,34)(H,32,33)/t18-/m0/s1. The van der Waals surface area contributed by atoms with Gasteiger partial charge in [-0.3, -0.25) is 19.6 Å². The Morgan fingerprint density at radius 3 is 2.43 bits per heavy atom. The minimum Gasteiger partial charge on any atom is -0.481 e. The van der Waals surface area contributed by atoms with Crippen molar-refractivity contribution in [1.82, 2.24) is 14.7 Å². The number of fused-ring (bicyclic) bond motifs is 3. The van der Waals surface area contributed by atoms with Crippen LogP contribution in [0.1, 0.15) is 36.3 Å².